The van der Waals surface area contributed by atoms with E-state index in [1.807, 2.05) is 24.3 Å². The van der Waals surface area contributed by atoms with Crippen LogP contribution in [0.3, 0.4) is 0 Å². The smallest absolute Gasteiger partial charge is 0.245 e. The van der Waals surface area contributed by atoms with Crippen molar-refractivity contribution < 1.29 is 4.79 Å². The Labute approximate surface area is 102 Å². The largest absolute Gasteiger partial charge is 0.333 e. The molecule has 1 aliphatic rings. The normalized spacial score (nSPS) is 15.1. The lowest BCUT2D eigenvalue weighted by molar-refractivity contribution is -0.119. The number of aromatic amines is 1. The van der Waals surface area contributed by atoms with Gasteiger partial charge in [0.2, 0.25) is 5.91 Å². The first-order chi connectivity index (χ1) is 8.31. The lowest BCUT2D eigenvalue weighted by Gasteiger charge is -1.94. The summed E-state index contributed by atoms with van der Waals surface area (Å²) in [6.45, 7) is 0. The molecule has 2 heterocycles. The zero-order chi connectivity index (χ0) is 11.7. The van der Waals surface area contributed by atoms with E-state index in [1.54, 1.807) is 11.8 Å². The van der Waals surface area contributed by atoms with Crippen molar-refractivity contribution in [3.8, 4) is 0 Å². The van der Waals surface area contributed by atoms with Crippen molar-refractivity contribution in [2.75, 3.05) is 5.75 Å². The van der Waals surface area contributed by atoms with Crippen molar-refractivity contribution in [2.24, 2.45) is 5.10 Å². The highest BCUT2D eigenvalue weighted by Gasteiger charge is 2.15. The average Bonchev–Trinajstić information content (AvgIpc) is 2.91. The molecule has 2 N–H and O–H groups in total. The van der Waals surface area contributed by atoms with Gasteiger partial charge in [0.25, 0.3) is 0 Å². The highest BCUT2D eigenvalue weighted by molar-refractivity contribution is 7.99. The van der Waals surface area contributed by atoms with Crippen LogP contribution < -0.4 is 5.43 Å². The summed E-state index contributed by atoms with van der Waals surface area (Å²) >= 11 is 1.56. The molecule has 0 bridgehead atoms. The fourth-order valence-corrected chi connectivity index (χ4v) is 2.45. The van der Waals surface area contributed by atoms with Gasteiger partial charge in [-0.3, -0.25) is 4.79 Å². The quantitative estimate of drug-likeness (QED) is 0.807. The fraction of sp³-hybridized carbons (Fsp3) is 0.182. The molecule has 1 amide bonds. The number of imidazole rings is 1. The first-order valence-corrected chi connectivity index (χ1v) is 6.21. The zero-order valence-electron chi connectivity index (χ0n) is 8.93. The number of carbonyl (C=O) groups excluding carboxylic acids is 1. The Morgan fingerprint density at radius 2 is 2.24 bits per heavy atom. The molecule has 1 aromatic heterocycles. The Bertz CT molecular complexity index is 571. The molecule has 2 aromatic rings. The van der Waals surface area contributed by atoms with Crippen molar-refractivity contribution in [1.29, 1.82) is 0 Å². The van der Waals surface area contributed by atoms with Gasteiger partial charge < -0.3 is 4.98 Å². The lowest BCUT2D eigenvalue weighted by Crippen LogP contribution is -2.09. The molecular formula is C11H10N4OS. The van der Waals surface area contributed by atoms with Crippen LogP contribution in [0.4, 0.5) is 0 Å². The summed E-state index contributed by atoms with van der Waals surface area (Å²) in [6, 6.07) is 7.89. The number of nitrogens with zero attached hydrogens (tertiary/aromatic N) is 2. The summed E-state index contributed by atoms with van der Waals surface area (Å²) in [5.74, 6) is 0.642. The van der Waals surface area contributed by atoms with Gasteiger partial charge in [0.05, 0.1) is 23.2 Å². The summed E-state index contributed by atoms with van der Waals surface area (Å²) in [6.07, 6.45) is 0.396. The van der Waals surface area contributed by atoms with E-state index in [9.17, 15) is 4.79 Å². The minimum Gasteiger partial charge on any atom is -0.333 e. The van der Waals surface area contributed by atoms with Crippen molar-refractivity contribution in [2.45, 2.75) is 11.6 Å². The third-order valence-electron chi connectivity index (χ3n) is 2.45. The lowest BCUT2D eigenvalue weighted by atomic mass is 10.3. The summed E-state index contributed by atoms with van der Waals surface area (Å²) < 4.78 is 0. The molecule has 0 radical (unpaired) electrons. The molecule has 0 aliphatic carbocycles. The number of fused-ring (bicyclic) bond motifs is 1. The molecular weight excluding hydrogens is 236 g/mol. The third-order valence-corrected chi connectivity index (χ3v) is 3.39. The molecule has 0 saturated carbocycles. The standard InChI is InChI=1S/C11H10N4OS/c16-10-5-7(14-15-10)6-17-11-12-8-3-1-2-4-9(8)13-11/h1-4H,5-6H2,(H,12,13)(H,15,16). The number of benzene rings is 1. The minimum atomic E-state index is -0.0368. The van der Waals surface area contributed by atoms with Crippen LogP contribution in [0.2, 0.25) is 0 Å². The van der Waals surface area contributed by atoms with Gasteiger partial charge >= 0.3 is 0 Å². The maximum absolute atomic E-state index is 10.9. The van der Waals surface area contributed by atoms with E-state index in [2.05, 4.69) is 20.5 Å². The van der Waals surface area contributed by atoms with Crippen LogP contribution >= 0.6 is 11.8 Å². The molecule has 0 unspecified atom stereocenters. The van der Waals surface area contributed by atoms with Crippen molar-refractivity contribution in [3.63, 3.8) is 0 Å². The van der Waals surface area contributed by atoms with E-state index in [4.69, 9.17) is 0 Å². The number of hydrogen-bond donors (Lipinski definition) is 2. The van der Waals surface area contributed by atoms with Gasteiger partial charge in [-0.2, -0.15) is 5.10 Å². The topological polar surface area (TPSA) is 70.1 Å². The average molecular weight is 246 g/mol. The van der Waals surface area contributed by atoms with Gasteiger partial charge in [-0.25, -0.2) is 10.4 Å². The van der Waals surface area contributed by atoms with Gasteiger partial charge in [-0.05, 0) is 12.1 Å². The number of carbonyl (C=O) groups is 1. The van der Waals surface area contributed by atoms with Gasteiger partial charge in [0, 0.05) is 5.75 Å². The van der Waals surface area contributed by atoms with Crippen molar-refractivity contribution >= 4 is 34.4 Å². The van der Waals surface area contributed by atoms with E-state index < -0.39 is 0 Å². The Kier molecular flexibility index (Phi) is 2.56. The molecule has 3 rings (SSSR count). The zero-order valence-corrected chi connectivity index (χ0v) is 9.75. The number of para-hydroxylation sites is 2. The number of aromatic nitrogens is 2. The van der Waals surface area contributed by atoms with E-state index in [0.717, 1.165) is 21.9 Å². The predicted molar refractivity (Wildman–Crippen MR) is 67.0 cm³/mol. The maximum atomic E-state index is 10.9. The van der Waals surface area contributed by atoms with Crippen LogP contribution in [0.1, 0.15) is 6.42 Å². The monoisotopic (exact) mass is 246 g/mol. The minimum absolute atomic E-state index is 0.0368. The summed E-state index contributed by atoms with van der Waals surface area (Å²) in [7, 11) is 0. The van der Waals surface area contributed by atoms with E-state index in [1.165, 1.54) is 0 Å². The molecule has 6 heteroatoms. The Morgan fingerprint density at radius 1 is 1.35 bits per heavy atom. The maximum Gasteiger partial charge on any atom is 0.245 e. The van der Waals surface area contributed by atoms with E-state index >= 15 is 0 Å². The highest BCUT2D eigenvalue weighted by Crippen LogP contribution is 2.20. The molecule has 0 saturated heterocycles. The predicted octanol–water partition coefficient (Wildman–Crippen LogP) is 1.53. The number of hydrazone groups is 1. The van der Waals surface area contributed by atoms with Gasteiger partial charge in [-0.1, -0.05) is 23.9 Å². The number of amides is 1. The molecule has 0 fully saturated rings. The molecule has 0 atom stereocenters. The number of H-pyrrole nitrogens is 1. The second kappa shape index (κ2) is 4.21. The Morgan fingerprint density at radius 3 is 3.00 bits per heavy atom. The second-order valence-corrected chi connectivity index (χ2v) is 4.70. The third kappa shape index (κ3) is 2.16. The highest BCUT2D eigenvalue weighted by atomic mass is 32.2. The number of nitrogens with one attached hydrogen (secondary N) is 2. The van der Waals surface area contributed by atoms with Gasteiger partial charge in [0.15, 0.2) is 5.16 Å². The van der Waals surface area contributed by atoms with Gasteiger partial charge in [0.1, 0.15) is 0 Å². The van der Waals surface area contributed by atoms with Crippen LogP contribution in [-0.2, 0) is 4.79 Å². The molecule has 5 nitrogen and oxygen atoms in total. The summed E-state index contributed by atoms with van der Waals surface area (Å²) in [5, 5.41) is 4.80. The number of thioether (sulfide) groups is 1. The van der Waals surface area contributed by atoms with Crippen LogP contribution in [0.5, 0.6) is 0 Å². The molecule has 86 valence electrons. The molecule has 1 aliphatic heterocycles. The van der Waals surface area contributed by atoms with Crippen LogP contribution in [-0.4, -0.2) is 27.3 Å². The Hall–Kier alpha value is -1.82. The summed E-state index contributed by atoms with van der Waals surface area (Å²) in [5.41, 5.74) is 5.28. The molecule has 0 spiro atoms. The van der Waals surface area contributed by atoms with Crippen LogP contribution in [0.15, 0.2) is 34.5 Å². The van der Waals surface area contributed by atoms with Gasteiger partial charge in [-0.15, -0.1) is 0 Å². The second-order valence-electron chi connectivity index (χ2n) is 3.74. The Balaban J connectivity index is 1.71. The number of hydrogen-bond acceptors (Lipinski definition) is 4. The van der Waals surface area contributed by atoms with Crippen molar-refractivity contribution in [1.82, 2.24) is 15.4 Å². The first kappa shape index (κ1) is 10.3. The fourth-order valence-electron chi connectivity index (χ4n) is 1.64. The van der Waals surface area contributed by atoms with Crippen molar-refractivity contribution in [3.05, 3.63) is 24.3 Å². The first-order valence-electron chi connectivity index (χ1n) is 5.23. The summed E-state index contributed by atoms with van der Waals surface area (Å²) in [4.78, 5) is 18.6. The molecule has 1 aromatic carbocycles. The molecule has 17 heavy (non-hydrogen) atoms. The SMILES string of the molecule is O=C1CC(CSc2nc3ccccc3[nH]2)=NN1. The van der Waals surface area contributed by atoms with Crippen LogP contribution in [0, 0.1) is 0 Å². The van der Waals surface area contributed by atoms with Crippen LogP contribution in [0.25, 0.3) is 11.0 Å². The van der Waals surface area contributed by atoms with E-state index in [-0.39, 0.29) is 5.91 Å². The van der Waals surface area contributed by atoms with E-state index in [0.29, 0.717) is 12.2 Å². The number of rotatable bonds is 3.